The molecule has 6 nitrogen and oxygen atoms in total. The number of thiazole rings is 1. The Balaban J connectivity index is 1.50. The molecule has 0 amide bonds. The number of benzene rings is 2. The van der Waals surface area contributed by atoms with Crippen LogP contribution in [0.25, 0.3) is 54.2 Å². The number of aliphatic carboxylic acids is 1. The summed E-state index contributed by atoms with van der Waals surface area (Å²) in [6.07, 6.45) is 5.65. The summed E-state index contributed by atoms with van der Waals surface area (Å²) in [5.41, 5.74) is 9.15. The van der Waals surface area contributed by atoms with Crippen molar-refractivity contribution >= 4 is 50.2 Å². The molecular formula is C30H23ClN4O2S. The van der Waals surface area contributed by atoms with Crippen LogP contribution in [0.1, 0.15) is 16.7 Å². The molecule has 188 valence electrons. The Bertz CT molecular complexity index is 1870. The number of pyridine rings is 2. The number of halogens is 1. The molecule has 4 aromatic heterocycles. The Hall–Kier alpha value is -4.07. The molecule has 1 N–H and O–H groups in total. The molecular weight excluding hydrogens is 516 g/mol. The third-order valence-corrected chi connectivity index (χ3v) is 8.18. The summed E-state index contributed by atoms with van der Waals surface area (Å²) < 4.78 is 2.98. The molecule has 0 atom stereocenters. The maximum Gasteiger partial charge on any atom is 0.307 e. The molecule has 0 aliphatic heterocycles. The summed E-state index contributed by atoms with van der Waals surface area (Å²) in [6.45, 7) is 4.02. The van der Waals surface area contributed by atoms with Crippen molar-refractivity contribution in [2.24, 2.45) is 7.05 Å². The highest BCUT2D eigenvalue weighted by Crippen LogP contribution is 2.41. The van der Waals surface area contributed by atoms with Crippen LogP contribution >= 0.6 is 22.9 Å². The third kappa shape index (κ3) is 4.23. The van der Waals surface area contributed by atoms with Gasteiger partial charge in [0.05, 0.1) is 22.3 Å². The predicted octanol–water partition coefficient (Wildman–Crippen LogP) is 7.48. The fourth-order valence-corrected chi connectivity index (χ4v) is 6.23. The molecule has 0 bridgehead atoms. The van der Waals surface area contributed by atoms with E-state index in [-0.39, 0.29) is 6.42 Å². The van der Waals surface area contributed by atoms with Gasteiger partial charge in [-0.2, -0.15) is 0 Å². The fourth-order valence-electron chi connectivity index (χ4n) is 4.97. The van der Waals surface area contributed by atoms with Gasteiger partial charge in [-0.05, 0) is 72.5 Å². The zero-order valence-electron chi connectivity index (χ0n) is 21.0. The highest BCUT2D eigenvalue weighted by molar-refractivity contribution is 7.22. The van der Waals surface area contributed by atoms with Gasteiger partial charge < -0.3 is 9.67 Å². The Morgan fingerprint density at radius 1 is 1.00 bits per heavy atom. The maximum atomic E-state index is 11.8. The van der Waals surface area contributed by atoms with Gasteiger partial charge in [-0.3, -0.25) is 9.78 Å². The summed E-state index contributed by atoms with van der Waals surface area (Å²) in [4.78, 5) is 26.0. The number of carboxylic acids is 1. The van der Waals surface area contributed by atoms with Crippen molar-refractivity contribution in [1.29, 1.82) is 0 Å². The third-order valence-electron chi connectivity index (χ3n) is 6.79. The topological polar surface area (TPSA) is 80.9 Å². The maximum absolute atomic E-state index is 11.8. The van der Waals surface area contributed by atoms with Crippen LogP contribution in [0.5, 0.6) is 0 Å². The van der Waals surface area contributed by atoms with E-state index in [2.05, 4.69) is 29.2 Å². The van der Waals surface area contributed by atoms with Crippen molar-refractivity contribution in [3.8, 4) is 33.0 Å². The van der Waals surface area contributed by atoms with Gasteiger partial charge in [-0.15, -0.1) is 11.3 Å². The van der Waals surface area contributed by atoms with Gasteiger partial charge in [0.25, 0.3) is 0 Å². The van der Waals surface area contributed by atoms with Crippen LogP contribution in [0.15, 0.2) is 67.1 Å². The number of nitrogens with zero attached hydrogens (tertiary/aromatic N) is 4. The SMILES string of the molecule is Cc1cc2nc(-c3ccnc(-c4cnc5c(c4)c(C)cn5C)c3)sc2c(-c2ccc(Cl)cc2)c1CC(=O)O. The molecule has 0 fully saturated rings. The number of aromatic nitrogens is 4. The standard InChI is InChI=1S/C30H23ClN4O2S/c1-16-10-25-28(27(22(16)13-26(36)37)18-4-6-21(31)7-5-18)38-30(34-25)19-8-9-32-24(12-19)20-11-23-17(2)15-35(3)29(23)33-14-20/h4-12,14-15H,13H2,1-3H3,(H,36,37). The zero-order valence-corrected chi connectivity index (χ0v) is 22.6. The van der Waals surface area contributed by atoms with Crippen LogP contribution in [0, 0.1) is 13.8 Å². The summed E-state index contributed by atoms with van der Waals surface area (Å²) in [5.74, 6) is -0.870. The van der Waals surface area contributed by atoms with Crippen LogP contribution in [-0.4, -0.2) is 30.6 Å². The second-order valence-corrected chi connectivity index (χ2v) is 10.9. The lowest BCUT2D eigenvalue weighted by Crippen LogP contribution is -2.04. The summed E-state index contributed by atoms with van der Waals surface area (Å²) >= 11 is 7.70. The first-order valence-corrected chi connectivity index (χ1v) is 13.3. The number of fused-ring (bicyclic) bond motifs is 2. The van der Waals surface area contributed by atoms with Crippen LogP contribution in [0.3, 0.4) is 0 Å². The molecule has 0 saturated carbocycles. The summed E-state index contributed by atoms with van der Waals surface area (Å²) in [6, 6.07) is 15.6. The molecule has 0 unspecified atom stereocenters. The molecule has 2 aromatic carbocycles. The first-order chi connectivity index (χ1) is 18.3. The molecule has 0 spiro atoms. The van der Waals surface area contributed by atoms with E-state index in [4.69, 9.17) is 16.6 Å². The van der Waals surface area contributed by atoms with E-state index >= 15 is 0 Å². The smallest absolute Gasteiger partial charge is 0.307 e. The molecule has 0 saturated heterocycles. The highest BCUT2D eigenvalue weighted by Gasteiger charge is 2.20. The van der Waals surface area contributed by atoms with Gasteiger partial charge in [-0.25, -0.2) is 9.97 Å². The summed E-state index contributed by atoms with van der Waals surface area (Å²) in [7, 11) is 2.00. The van der Waals surface area contributed by atoms with Gasteiger partial charge in [0.2, 0.25) is 0 Å². The molecule has 4 heterocycles. The van der Waals surface area contributed by atoms with E-state index < -0.39 is 5.97 Å². The van der Waals surface area contributed by atoms with E-state index in [0.29, 0.717) is 5.02 Å². The van der Waals surface area contributed by atoms with E-state index in [0.717, 1.165) is 65.3 Å². The van der Waals surface area contributed by atoms with Gasteiger partial charge >= 0.3 is 5.97 Å². The molecule has 0 radical (unpaired) electrons. The van der Waals surface area contributed by atoms with Crippen molar-refractivity contribution in [1.82, 2.24) is 19.5 Å². The first-order valence-electron chi connectivity index (χ1n) is 12.1. The molecule has 0 aliphatic carbocycles. The molecule has 38 heavy (non-hydrogen) atoms. The van der Waals surface area contributed by atoms with Gasteiger partial charge in [0, 0.05) is 52.7 Å². The minimum absolute atomic E-state index is 0.0687. The normalized spacial score (nSPS) is 11.5. The second kappa shape index (κ2) is 9.35. The van der Waals surface area contributed by atoms with Crippen molar-refractivity contribution in [2.45, 2.75) is 20.3 Å². The molecule has 6 aromatic rings. The van der Waals surface area contributed by atoms with Gasteiger partial charge in [0.15, 0.2) is 0 Å². The van der Waals surface area contributed by atoms with Crippen LogP contribution in [0.4, 0.5) is 0 Å². The van der Waals surface area contributed by atoms with Gasteiger partial charge in [-0.1, -0.05) is 23.7 Å². The second-order valence-electron chi connectivity index (χ2n) is 9.44. The minimum Gasteiger partial charge on any atom is -0.481 e. The molecule has 0 aliphatic rings. The van der Waals surface area contributed by atoms with Gasteiger partial charge in [0.1, 0.15) is 10.7 Å². The van der Waals surface area contributed by atoms with Crippen LogP contribution in [0.2, 0.25) is 5.02 Å². The van der Waals surface area contributed by atoms with Crippen LogP contribution in [-0.2, 0) is 18.3 Å². The zero-order chi connectivity index (χ0) is 26.6. The number of carbonyl (C=O) groups is 1. The Kier molecular flexibility index (Phi) is 5.97. The van der Waals surface area contributed by atoms with E-state index in [1.54, 1.807) is 17.5 Å². The van der Waals surface area contributed by atoms with Crippen molar-refractivity contribution < 1.29 is 9.90 Å². The lowest BCUT2D eigenvalue weighted by atomic mass is 9.93. The van der Waals surface area contributed by atoms with Crippen molar-refractivity contribution in [2.75, 3.05) is 0 Å². The fraction of sp³-hybridized carbons (Fsp3) is 0.133. The number of carboxylic acid groups (broad SMARTS) is 1. The average Bonchev–Trinajstić information content (AvgIpc) is 3.45. The minimum atomic E-state index is -0.870. The lowest BCUT2D eigenvalue weighted by molar-refractivity contribution is -0.136. The lowest BCUT2D eigenvalue weighted by Gasteiger charge is -2.13. The van der Waals surface area contributed by atoms with E-state index in [1.807, 2.05) is 67.2 Å². The number of aryl methyl sites for hydroxylation is 3. The van der Waals surface area contributed by atoms with Crippen molar-refractivity contribution in [3.63, 3.8) is 0 Å². The van der Waals surface area contributed by atoms with E-state index in [9.17, 15) is 9.90 Å². The first kappa shape index (κ1) is 24.3. The number of hydrogen-bond acceptors (Lipinski definition) is 5. The highest BCUT2D eigenvalue weighted by atomic mass is 35.5. The monoisotopic (exact) mass is 538 g/mol. The average molecular weight is 539 g/mol. The van der Waals surface area contributed by atoms with E-state index in [1.165, 1.54) is 5.56 Å². The van der Waals surface area contributed by atoms with Crippen molar-refractivity contribution in [3.05, 3.63) is 88.8 Å². The van der Waals surface area contributed by atoms with Crippen LogP contribution < -0.4 is 0 Å². The number of rotatable bonds is 5. The molecule has 6 rings (SSSR count). The largest absolute Gasteiger partial charge is 0.481 e. The Labute approximate surface area is 228 Å². The predicted molar refractivity (Wildman–Crippen MR) is 154 cm³/mol. The quantitative estimate of drug-likeness (QED) is 0.246. The molecule has 8 heteroatoms. The summed E-state index contributed by atoms with van der Waals surface area (Å²) in [5, 5.41) is 12.2. The Morgan fingerprint density at radius 2 is 1.79 bits per heavy atom. The Morgan fingerprint density at radius 3 is 2.55 bits per heavy atom. The number of hydrogen-bond donors (Lipinski definition) is 1.